The third-order valence-corrected chi connectivity index (χ3v) is 4.59. The van der Waals surface area contributed by atoms with Crippen molar-refractivity contribution in [2.75, 3.05) is 0 Å². The lowest BCUT2D eigenvalue weighted by molar-refractivity contribution is 0.596. The maximum absolute atomic E-state index is 12.4. The summed E-state index contributed by atoms with van der Waals surface area (Å²) in [5.74, 6) is 0. The van der Waals surface area contributed by atoms with Crippen molar-refractivity contribution in [1.29, 1.82) is 0 Å². The van der Waals surface area contributed by atoms with E-state index in [2.05, 4.69) is 0 Å². The molecule has 2 aromatic carbocycles. The maximum atomic E-state index is 12.4. The zero-order valence-electron chi connectivity index (χ0n) is 10.8. The molecule has 0 aliphatic heterocycles. The van der Waals surface area contributed by atoms with E-state index in [4.69, 9.17) is 0 Å². The summed E-state index contributed by atoms with van der Waals surface area (Å²) in [4.78, 5) is 0.710. The quantitative estimate of drug-likeness (QED) is 0.829. The van der Waals surface area contributed by atoms with E-state index in [0.717, 1.165) is 16.7 Å². The van der Waals surface area contributed by atoms with Gasteiger partial charge < -0.3 is 0 Å². The average Bonchev–Trinajstić information content (AvgIpc) is 2.28. The minimum Gasteiger partial charge on any atom is -0.219 e. The minimum atomic E-state index is -3.40. The maximum Gasteiger partial charge on any atom is 0.206 e. The molecule has 0 aliphatic carbocycles. The zero-order chi connectivity index (χ0) is 13.3. The van der Waals surface area contributed by atoms with Crippen molar-refractivity contribution in [2.45, 2.75) is 30.6 Å². The third kappa shape index (κ3) is 2.46. The van der Waals surface area contributed by atoms with Crippen LogP contribution in [0.5, 0.6) is 0 Å². The lowest BCUT2D eigenvalue weighted by Crippen LogP contribution is -2.02. The second kappa shape index (κ2) is 4.58. The summed E-state index contributed by atoms with van der Waals surface area (Å²) < 4.78 is 24.9. The molecule has 0 radical (unpaired) electrons. The number of hydrogen-bond acceptors (Lipinski definition) is 2. The van der Waals surface area contributed by atoms with Crippen LogP contribution >= 0.6 is 0 Å². The van der Waals surface area contributed by atoms with Crippen LogP contribution in [0, 0.1) is 20.8 Å². The molecule has 0 aliphatic rings. The molecule has 18 heavy (non-hydrogen) atoms. The van der Waals surface area contributed by atoms with Crippen molar-refractivity contribution in [3.05, 3.63) is 59.2 Å². The predicted octanol–water partition coefficient (Wildman–Crippen LogP) is 3.44. The molecule has 3 heteroatoms. The van der Waals surface area contributed by atoms with Gasteiger partial charge in [-0.3, -0.25) is 0 Å². The summed E-state index contributed by atoms with van der Waals surface area (Å²) in [5, 5.41) is 0. The Morgan fingerprint density at radius 3 is 1.67 bits per heavy atom. The highest BCUT2D eigenvalue weighted by molar-refractivity contribution is 7.91. The van der Waals surface area contributed by atoms with Crippen LogP contribution in [-0.2, 0) is 9.84 Å². The van der Waals surface area contributed by atoms with E-state index in [-0.39, 0.29) is 0 Å². The first-order valence-electron chi connectivity index (χ1n) is 5.79. The summed E-state index contributed by atoms with van der Waals surface area (Å²) in [6.45, 7) is 5.75. The summed E-state index contributed by atoms with van der Waals surface area (Å²) in [5.41, 5.74) is 2.97. The fourth-order valence-corrected chi connectivity index (χ4v) is 3.39. The molecule has 0 unspecified atom stereocenters. The molecule has 2 nitrogen and oxygen atoms in total. The fraction of sp³-hybridized carbons (Fsp3) is 0.200. The van der Waals surface area contributed by atoms with Crippen molar-refractivity contribution in [1.82, 2.24) is 0 Å². The average molecular weight is 260 g/mol. The van der Waals surface area contributed by atoms with E-state index in [9.17, 15) is 8.42 Å². The van der Waals surface area contributed by atoms with Gasteiger partial charge in [0.05, 0.1) is 9.79 Å². The smallest absolute Gasteiger partial charge is 0.206 e. The van der Waals surface area contributed by atoms with Crippen LogP contribution in [0.4, 0.5) is 0 Å². The topological polar surface area (TPSA) is 34.1 Å². The van der Waals surface area contributed by atoms with Gasteiger partial charge in [-0.15, -0.1) is 0 Å². The van der Waals surface area contributed by atoms with Crippen molar-refractivity contribution < 1.29 is 8.42 Å². The van der Waals surface area contributed by atoms with Crippen LogP contribution in [0.15, 0.2) is 52.3 Å². The van der Waals surface area contributed by atoms with Crippen molar-refractivity contribution in [3.63, 3.8) is 0 Å². The normalized spacial score (nSPS) is 11.5. The Kier molecular flexibility index (Phi) is 3.26. The summed E-state index contributed by atoms with van der Waals surface area (Å²) in [6, 6.07) is 12.3. The molecule has 2 rings (SSSR count). The number of sulfone groups is 1. The molecule has 0 bridgehead atoms. The van der Waals surface area contributed by atoms with Crippen LogP contribution in [-0.4, -0.2) is 8.42 Å². The Balaban J connectivity index is 2.57. The molecule has 0 spiro atoms. The molecule has 2 aromatic rings. The highest BCUT2D eigenvalue weighted by Crippen LogP contribution is 2.23. The lowest BCUT2D eigenvalue weighted by atomic mass is 10.2. The minimum absolute atomic E-state index is 0.345. The molecule has 0 saturated carbocycles. The van der Waals surface area contributed by atoms with Gasteiger partial charge in [0.15, 0.2) is 0 Å². The molecular formula is C15H16O2S. The number of hydrogen-bond donors (Lipinski definition) is 0. The van der Waals surface area contributed by atoms with E-state index in [1.54, 1.807) is 24.3 Å². The van der Waals surface area contributed by atoms with Gasteiger partial charge in [0, 0.05) is 0 Å². The van der Waals surface area contributed by atoms with Crippen LogP contribution in [0.1, 0.15) is 16.7 Å². The third-order valence-electron chi connectivity index (χ3n) is 2.84. The monoisotopic (exact) mass is 260 g/mol. The first-order valence-corrected chi connectivity index (χ1v) is 7.28. The molecule has 0 fully saturated rings. The van der Waals surface area contributed by atoms with E-state index >= 15 is 0 Å². The first-order chi connectivity index (χ1) is 8.39. The molecule has 0 saturated heterocycles. The summed E-state index contributed by atoms with van der Waals surface area (Å²) in [7, 11) is -3.40. The molecule has 0 amide bonds. The Morgan fingerprint density at radius 1 is 0.667 bits per heavy atom. The molecule has 94 valence electrons. The van der Waals surface area contributed by atoms with Crippen molar-refractivity contribution >= 4 is 9.84 Å². The van der Waals surface area contributed by atoms with Crippen LogP contribution in [0.2, 0.25) is 0 Å². The molecule has 0 N–H and O–H groups in total. The van der Waals surface area contributed by atoms with E-state index < -0.39 is 9.84 Å². The van der Waals surface area contributed by atoms with Gasteiger partial charge in [0.25, 0.3) is 0 Å². The van der Waals surface area contributed by atoms with Crippen LogP contribution < -0.4 is 0 Å². The van der Waals surface area contributed by atoms with E-state index in [1.165, 1.54) is 0 Å². The van der Waals surface area contributed by atoms with Gasteiger partial charge in [0.1, 0.15) is 0 Å². The van der Waals surface area contributed by atoms with E-state index in [1.807, 2.05) is 39.0 Å². The molecule has 0 heterocycles. The van der Waals surface area contributed by atoms with Crippen LogP contribution in [0.25, 0.3) is 0 Å². The zero-order valence-corrected chi connectivity index (χ0v) is 11.6. The van der Waals surface area contributed by atoms with Gasteiger partial charge in [-0.25, -0.2) is 8.42 Å². The van der Waals surface area contributed by atoms with Crippen LogP contribution in [0.3, 0.4) is 0 Å². The van der Waals surface area contributed by atoms with Crippen molar-refractivity contribution in [2.24, 2.45) is 0 Å². The van der Waals surface area contributed by atoms with Gasteiger partial charge in [-0.1, -0.05) is 23.8 Å². The highest BCUT2D eigenvalue weighted by atomic mass is 32.2. The largest absolute Gasteiger partial charge is 0.219 e. The molecular weight excluding hydrogens is 244 g/mol. The lowest BCUT2D eigenvalue weighted by Gasteiger charge is -2.07. The number of benzene rings is 2. The van der Waals surface area contributed by atoms with Gasteiger partial charge in [0.2, 0.25) is 9.84 Å². The van der Waals surface area contributed by atoms with Gasteiger partial charge in [-0.2, -0.15) is 0 Å². The molecule has 0 atom stereocenters. The number of rotatable bonds is 2. The van der Waals surface area contributed by atoms with Gasteiger partial charge in [-0.05, 0) is 56.2 Å². The SMILES string of the molecule is Cc1ccc(S(=O)(=O)c2cc(C)cc(C)c2)cc1. The Labute approximate surface area is 108 Å². The summed E-state index contributed by atoms with van der Waals surface area (Å²) in [6.07, 6.45) is 0. The predicted molar refractivity (Wildman–Crippen MR) is 72.5 cm³/mol. The van der Waals surface area contributed by atoms with E-state index in [0.29, 0.717) is 9.79 Å². The Morgan fingerprint density at radius 2 is 1.17 bits per heavy atom. The number of aryl methyl sites for hydroxylation is 3. The standard InChI is InChI=1S/C15H16O2S/c1-11-4-6-14(7-5-11)18(16,17)15-9-12(2)8-13(3)10-15/h4-10H,1-3H3. The second-order valence-corrected chi connectivity index (χ2v) is 6.59. The Hall–Kier alpha value is -1.61. The first kappa shape index (κ1) is 12.8. The van der Waals surface area contributed by atoms with Crippen molar-refractivity contribution in [3.8, 4) is 0 Å². The summed E-state index contributed by atoms with van der Waals surface area (Å²) >= 11 is 0. The fourth-order valence-electron chi connectivity index (χ4n) is 1.94. The second-order valence-electron chi connectivity index (χ2n) is 4.64. The highest BCUT2D eigenvalue weighted by Gasteiger charge is 2.17. The Bertz CT molecular complexity index is 648. The molecule has 0 aromatic heterocycles. The van der Waals surface area contributed by atoms with Gasteiger partial charge >= 0.3 is 0 Å².